The number of nitrogens with one attached hydrogen (secondary N) is 1. The fourth-order valence-corrected chi connectivity index (χ4v) is 2.80. The highest BCUT2D eigenvalue weighted by Crippen LogP contribution is 2.36. The normalized spacial score (nSPS) is 23.9. The number of Topliss-reactive ketones (excluding diaryl/α,β-unsaturated/α-hetero) is 1. The molecule has 3 rings (SSSR count). The van der Waals surface area contributed by atoms with E-state index in [1.54, 1.807) is 0 Å². The zero-order valence-corrected chi connectivity index (χ0v) is 11.2. The molecule has 19 heavy (non-hydrogen) atoms. The van der Waals surface area contributed by atoms with Gasteiger partial charge in [-0.25, -0.2) is 0 Å². The number of hydrogen-bond acceptors (Lipinski definition) is 3. The van der Waals surface area contributed by atoms with E-state index in [1.807, 2.05) is 12.1 Å². The molecule has 1 saturated heterocycles. The molecule has 1 aromatic rings. The summed E-state index contributed by atoms with van der Waals surface area (Å²) in [6.07, 6.45) is 4.41. The van der Waals surface area contributed by atoms with Gasteiger partial charge in [-0.3, -0.25) is 4.79 Å². The van der Waals surface area contributed by atoms with Crippen LogP contribution in [0, 0.1) is 0 Å². The quantitative estimate of drug-likeness (QED) is 0.844. The van der Waals surface area contributed by atoms with Crippen molar-refractivity contribution in [3.8, 4) is 0 Å². The fourth-order valence-electron chi connectivity index (χ4n) is 2.80. The van der Waals surface area contributed by atoms with E-state index in [0.29, 0.717) is 18.9 Å². The predicted octanol–water partition coefficient (Wildman–Crippen LogP) is 2.52. The molecule has 0 amide bonds. The van der Waals surface area contributed by atoms with Gasteiger partial charge in [-0.15, -0.1) is 0 Å². The van der Waals surface area contributed by atoms with E-state index in [0.717, 1.165) is 18.7 Å². The first-order chi connectivity index (χ1) is 9.33. The highest BCUT2D eigenvalue weighted by Gasteiger charge is 2.21. The molecule has 1 aliphatic heterocycles. The second kappa shape index (κ2) is 5.85. The molecule has 1 heterocycles. The van der Waals surface area contributed by atoms with Gasteiger partial charge in [0.15, 0.2) is 5.78 Å². The Balaban J connectivity index is 1.65. The van der Waals surface area contributed by atoms with Crippen molar-refractivity contribution < 1.29 is 9.53 Å². The number of carbonyl (C=O) groups is 1. The SMILES string of the molecule is O=C(CC1COCCN1)c1cccc(C2CCC2)c1. The van der Waals surface area contributed by atoms with Crippen molar-refractivity contribution in [2.24, 2.45) is 0 Å². The lowest BCUT2D eigenvalue weighted by Gasteiger charge is -2.26. The van der Waals surface area contributed by atoms with E-state index in [-0.39, 0.29) is 11.8 Å². The van der Waals surface area contributed by atoms with E-state index in [4.69, 9.17) is 4.74 Å². The predicted molar refractivity (Wildman–Crippen MR) is 74.6 cm³/mol. The molecule has 2 fully saturated rings. The van der Waals surface area contributed by atoms with E-state index < -0.39 is 0 Å². The Morgan fingerprint density at radius 2 is 2.26 bits per heavy atom. The Bertz CT molecular complexity index is 448. The number of rotatable bonds is 4. The molecule has 3 nitrogen and oxygen atoms in total. The monoisotopic (exact) mass is 259 g/mol. The molecule has 102 valence electrons. The Hall–Kier alpha value is -1.19. The molecule has 0 radical (unpaired) electrons. The molecule has 1 aromatic carbocycles. The summed E-state index contributed by atoms with van der Waals surface area (Å²) >= 11 is 0. The average Bonchev–Trinajstić information content (AvgIpc) is 2.38. The highest BCUT2D eigenvalue weighted by atomic mass is 16.5. The minimum absolute atomic E-state index is 0.175. The van der Waals surface area contributed by atoms with Gasteiger partial charge in [0.2, 0.25) is 0 Å². The van der Waals surface area contributed by atoms with Crippen LogP contribution >= 0.6 is 0 Å². The van der Waals surface area contributed by atoms with Gasteiger partial charge in [-0.05, 0) is 30.4 Å². The lowest BCUT2D eigenvalue weighted by molar-refractivity contribution is 0.0676. The third-order valence-electron chi connectivity index (χ3n) is 4.22. The molecule has 0 spiro atoms. The maximum Gasteiger partial charge on any atom is 0.164 e. The van der Waals surface area contributed by atoms with Crippen molar-refractivity contribution in [2.75, 3.05) is 19.8 Å². The molecule has 3 heteroatoms. The maximum atomic E-state index is 12.3. The fraction of sp³-hybridized carbons (Fsp3) is 0.562. The molecule has 1 unspecified atom stereocenters. The smallest absolute Gasteiger partial charge is 0.164 e. The first-order valence-electron chi connectivity index (χ1n) is 7.27. The standard InChI is InChI=1S/C16H21NO2/c18-16(10-15-11-19-8-7-17-15)14-6-2-5-13(9-14)12-3-1-4-12/h2,5-6,9,12,15,17H,1,3-4,7-8,10-11H2. The molecule has 1 atom stereocenters. The van der Waals surface area contributed by atoms with Gasteiger partial charge in [0, 0.05) is 24.6 Å². The number of ketones is 1. The van der Waals surface area contributed by atoms with Crippen molar-refractivity contribution in [1.29, 1.82) is 0 Å². The van der Waals surface area contributed by atoms with E-state index >= 15 is 0 Å². The minimum Gasteiger partial charge on any atom is -0.378 e. The average molecular weight is 259 g/mol. The van der Waals surface area contributed by atoms with Crippen LogP contribution in [0.2, 0.25) is 0 Å². The lowest BCUT2D eigenvalue weighted by Crippen LogP contribution is -2.42. The van der Waals surface area contributed by atoms with Crippen LogP contribution in [-0.4, -0.2) is 31.6 Å². The Morgan fingerprint density at radius 1 is 1.37 bits per heavy atom. The van der Waals surface area contributed by atoms with Crippen LogP contribution in [0.25, 0.3) is 0 Å². The summed E-state index contributed by atoms with van der Waals surface area (Å²) < 4.78 is 5.39. The summed E-state index contributed by atoms with van der Waals surface area (Å²) in [5.74, 6) is 0.910. The number of hydrogen-bond donors (Lipinski definition) is 1. The van der Waals surface area contributed by atoms with Gasteiger partial charge in [-0.1, -0.05) is 24.6 Å². The van der Waals surface area contributed by atoms with Crippen molar-refractivity contribution in [3.63, 3.8) is 0 Å². The minimum atomic E-state index is 0.175. The van der Waals surface area contributed by atoms with Crippen LogP contribution in [0.3, 0.4) is 0 Å². The van der Waals surface area contributed by atoms with Crippen LogP contribution < -0.4 is 5.32 Å². The number of carbonyl (C=O) groups excluding carboxylic acids is 1. The molecule has 0 bridgehead atoms. The molecule has 1 saturated carbocycles. The van der Waals surface area contributed by atoms with Crippen LogP contribution in [0.15, 0.2) is 24.3 Å². The summed E-state index contributed by atoms with van der Waals surface area (Å²) in [5.41, 5.74) is 2.20. The molecule has 0 aromatic heterocycles. The molecule has 2 aliphatic rings. The maximum absolute atomic E-state index is 12.3. The Kier molecular flexibility index (Phi) is 3.95. The number of benzene rings is 1. The Labute approximate surface area is 114 Å². The third kappa shape index (κ3) is 3.04. The van der Waals surface area contributed by atoms with E-state index in [2.05, 4.69) is 17.4 Å². The molecular formula is C16H21NO2. The first-order valence-corrected chi connectivity index (χ1v) is 7.27. The Morgan fingerprint density at radius 3 is 2.95 bits per heavy atom. The second-order valence-electron chi connectivity index (χ2n) is 5.61. The summed E-state index contributed by atoms with van der Waals surface area (Å²) in [6.45, 7) is 2.25. The summed E-state index contributed by atoms with van der Waals surface area (Å²) in [4.78, 5) is 12.3. The van der Waals surface area contributed by atoms with Crippen LogP contribution in [0.4, 0.5) is 0 Å². The zero-order valence-electron chi connectivity index (χ0n) is 11.2. The van der Waals surface area contributed by atoms with Crippen molar-refractivity contribution in [3.05, 3.63) is 35.4 Å². The second-order valence-corrected chi connectivity index (χ2v) is 5.61. The van der Waals surface area contributed by atoms with Crippen molar-refractivity contribution in [1.82, 2.24) is 5.32 Å². The lowest BCUT2D eigenvalue weighted by atomic mass is 9.79. The largest absolute Gasteiger partial charge is 0.378 e. The zero-order chi connectivity index (χ0) is 13.1. The van der Waals surface area contributed by atoms with Crippen molar-refractivity contribution >= 4 is 5.78 Å². The van der Waals surface area contributed by atoms with Crippen LogP contribution in [0.1, 0.15) is 47.5 Å². The van der Waals surface area contributed by atoms with Gasteiger partial charge < -0.3 is 10.1 Å². The highest BCUT2D eigenvalue weighted by molar-refractivity contribution is 5.96. The van der Waals surface area contributed by atoms with Gasteiger partial charge in [-0.2, -0.15) is 0 Å². The third-order valence-corrected chi connectivity index (χ3v) is 4.22. The molecule has 1 N–H and O–H groups in total. The summed E-state index contributed by atoms with van der Waals surface area (Å²) in [5, 5.41) is 3.33. The van der Waals surface area contributed by atoms with Gasteiger partial charge >= 0.3 is 0 Å². The van der Waals surface area contributed by atoms with E-state index in [1.165, 1.54) is 24.8 Å². The van der Waals surface area contributed by atoms with Gasteiger partial charge in [0.05, 0.1) is 13.2 Å². The molecule has 1 aliphatic carbocycles. The van der Waals surface area contributed by atoms with Gasteiger partial charge in [0.25, 0.3) is 0 Å². The molecular weight excluding hydrogens is 238 g/mol. The number of morpholine rings is 1. The topological polar surface area (TPSA) is 38.3 Å². The number of ether oxygens (including phenoxy) is 1. The first kappa shape index (κ1) is 12.8. The van der Waals surface area contributed by atoms with Gasteiger partial charge in [0.1, 0.15) is 0 Å². The van der Waals surface area contributed by atoms with Crippen LogP contribution in [-0.2, 0) is 4.74 Å². The van der Waals surface area contributed by atoms with E-state index in [9.17, 15) is 4.79 Å². The summed E-state index contributed by atoms with van der Waals surface area (Å²) in [7, 11) is 0. The van der Waals surface area contributed by atoms with Crippen LogP contribution in [0.5, 0.6) is 0 Å². The summed E-state index contributed by atoms with van der Waals surface area (Å²) in [6, 6.07) is 8.38. The van der Waals surface area contributed by atoms with Crippen molar-refractivity contribution in [2.45, 2.75) is 37.6 Å².